The fraction of sp³-hybridized carbons (Fsp3) is 0.125. The van der Waals surface area contributed by atoms with E-state index in [4.69, 9.17) is 16.6 Å². The maximum Gasteiger partial charge on any atom is 0.159 e. The van der Waals surface area contributed by atoms with Crippen LogP contribution in [-0.2, 0) is 11.9 Å². The average Bonchev–Trinajstić information content (AvgIpc) is 2.92. The molecule has 5 nitrogen and oxygen atoms in total. The van der Waals surface area contributed by atoms with Crippen LogP contribution < -0.4 is 0 Å². The molecule has 0 bridgehead atoms. The summed E-state index contributed by atoms with van der Waals surface area (Å²) in [6.07, 6.45) is 1.76. The van der Waals surface area contributed by atoms with E-state index in [0.717, 1.165) is 34.3 Å². The predicted molar refractivity (Wildman–Crippen MR) is 92.6 cm³/mol. The lowest BCUT2D eigenvalue weighted by Gasteiger charge is -2.12. The van der Waals surface area contributed by atoms with Crippen molar-refractivity contribution < 1.29 is 0 Å². The van der Waals surface area contributed by atoms with Crippen molar-refractivity contribution in [1.82, 2.24) is 19.7 Å². The molecule has 1 aliphatic heterocycles. The zero-order chi connectivity index (χ0) is 15.8. The van der Waals surface area contributed by atoms with Crippen molar-refractivity contribution in [3.63, 3.8) is 0 Å². The molecule has 0 amide bonds. The average molecular weight is 389 g/mol. The second kappa shape index (κ2) is 5.86. The highest BCUT2D eigenvalue weighted by molar-refractivity contribution is 9.08. The predicted octanol–water partition coefficient (Wildman–Crippen LogP) is 3.56. The lowest BCUT2D eigenvalue weighted by atomic mass is 10.0. The Labute approximate surface area is 146 Å². The first kappa shape index (κ1) is 14.5. The molecule has 0 fully saturated rings. The van der Waals surface area contributed by atoms with E-state index in [1.807, 2.05) is 41.0 Å². The molecule has 1 aliphatic rings. The minimum absolute atomic E-state index is 0.443. The highest BCUT2D eigenvalue weighted by Gasteiger charge is 2.23. The molecule has 0 aliphatic carbocycles. The Morgan fingerprint density at radius 3 is 2.87 bits per heavy atom. The van der Waals surface area contributed by atoms with Crippen LogP contribution in [0.5, 0.6) is 0 Å². The van der Waals surface area contributed by atoms with Crippen molar-refractivity contribution in [3.05, 3.63) is 70.5 Å². The molecule has 3 aromatic rings. The Morgan fingerprint density at radius 1 is 1.17 bits per heavy atom. The van der Waals surface area contributed by atoms with E-state index in [9.17, 15) is 0 Å². The van der Waals surface area contributed by atoms with Crippen molar-refractivity contribution in [2.75, 3.05) is 0 Å². The summed E-state index contributed by atoms with van der Waals surface area (Å²) in [7, 11) is 0. The molecule has 4 rings (SSSR count). The number of benzene rings is 1. The monoisotopic (exact) mass is 387 g/mol. The number of alkyl halides is 1. The van der Waals surface area contributed by atoms with Crippen LogP contribution in [0.1, 0.15) is 22.9 Å². The number of fused-ring (bicyclic) bond motifs is 3. The number of aliphatic imine (C=N–C) groups is 1. The van der Waals surface area contributed by atoms with Gasteiger partial charge < -0.3 is 0 Å². The van der Waals surface area contributed by atoms with Crippen molar-refractivity contribution in [2.45, 2.75) is 11.9 Å². The molecule has 1 aromatic carbocycles. The molecule has 2 aromatic heterocycles. The fourth-order valence-corrected chi connectivity index (χ4v) is 3.21. The van der Waals surface area contributed by atoms with Gasteiger partial charge in [0.05, 0.1) is 22.4 Å². The summed E-state index contributed by atoms with van der Waals surface area (Å²) in [6, 6.07) is 11.5. The van der Waals surface area contributed by atoms with Crippen molar-refractivity contribution in [3.8, 4) is 5.69 Å². The Hall–Kier alpha value is -2.05. The molecule has 114 valence electrons. The van der Waals surface area contributed by atoms with Gasteiger partial charge >= 0.3 is 0 Å². The number of nitrogens with zero attached hydrogens (tertiary/aromatic N) is 5. The number of rotatable bonds is 2. The molecular weight excluding hydrogens is 378 g/mol. The van der Waals surface area contributed by atoms with Crippen LogP contribution in [0.2, 0.25) is 5.02 Å². The Balaban J connectivity index is 2.00. The summed E-state index contributed by atoms with van der Waals surface area (Å²) in [5.41, 5.74) is 3.52. The lowest BCUT2D eigenvalue weighted by molar-refractivity contribution is 0.860. The number of aromatic nitrogens is 4. The van der Waals surface area contributed by atoms with Gasteiger partial charge in [0.1, 0.15) is 12.4 Å². The van der Waals surface area contributed by atoms with Gasteiger partial charge in [-0.15, -0.1) is 10.2 Å². The normalized spacial score (nSPS) is 13.0. The van der Waals surface area contributed by atoms with Crippen LogP contribution in [0.4, 0.5) is 0 Å². The second-order valence-electron chi connectivity index (χ2n) is 5.04. The minimum Gasteiger partial charge on any atom is -0.280 e. The number of hydrogen-bond donors (Lipinski definition) is 0. The van der Waals surface area contributed by atoms with Gasteiger partial charge in [0, 0.05) is 16.8 Å². The first-order chi connectivity index (χ1) is 11.3. The summed E-state index contributed by atoms with van der Waals surface area (Å²) >= 11 is 9.70. The number of hydrogen-bond acceptors (Lipinski definition) is 4. The fourth-order valence-electron chi connectivity index (χ4n) is 2.67. The van der Waals surface area contributed by atoms with Gasteiger partial charge in [0.25, 0.3) is 0 Å². The molecule has 0 saturated heterocycles. The largest absolute Gasteiger partial charge is 0.280 e. The lowest BCUT2D eigenvalue weighted by Crippen LogP contribution is -2.10. The van der Waals surface area contributed by atoms with Crippen LogP contribution >= 0.6 is 27.5 Å². The van der Waals surface area contributed by atoms with E-state index in [0.29, 0.717) is 16.9 Å². The van der Waals surface area contributed by atoms with Gasteiger partial charge in [0.15, 0.2) is 5.82 Å². The van der Waals surface area contributed by atoms with Gasteiger partial charge in [-0.25, -0.2) is 0 Å². The molecule has 23 heavy (non-hydrogen) atoms. The number of halogens is 2. The zero-order valence-electron chi connectivity index (χ0n) is 11.9. The maximum absolute atomic E-state index is 6.23. The van der Waals surface area contributed by atoms with Gasteiger partial charge in [0.2, 0.25) is 0 Å². The third-order valence-electron chi connectivity index (χ3n) is 3.66. The SMILES string of the molecule is Clc1ccc2c(c1)C(c1ccccn1)=NCc1nnc(CBr)n1-2. The van der Waals surface area contributed by atoms with Gasteiger partial charge in [-0.3, -0.25) is 14.5 Å². The van der Waals surface area contributed by atoms with Gasteiger partial charge in [-0.05, 0) is 30.3 Å². The third kappa shape index (κ3) is 2.48. The Bertz CT molecular complexity index is 904. The minimum atomic E-state index is 0.443. The third-order valence-corrected chi connectivity index (χ3v) is 4.39. The van der Waals surface area contributed by atoms with Gasteiger partial charge in [-0.1, -0.05) is 33.6 Å². The van der Waals surface area contributed by atoms with E-state index in [-0.39, 0.29) is 0 Å². The van der Waals surface area contributed by atoms with Crippen molar-refractivity contribution in [2.24, 2.45) is 4.99 Å². The van der Waals surface area contributed by atoms with Crippen LogP contribution in [0.15, 0.2) is 47.6 Å². The molecule has 7 heteroatoms. The Kier molecular flexibility index (Phi) is 3.71. The molecule has 0 atom stereocenters. The molecule has 3 heterocycles. The first-order valence-corrected chi connectivity index (χ1v) is 8.53. The van der Waals surface area contributed by atoms with E-state index < -0.39 is 0 Å². The van der Waals surface area contributed by atoms with Crippen LogP contribution in [0, 0.1) is 0 Å². The summed E-state index contributed by atoms with van der Waals surface area (Å²) in [6.45, 7) is 0.443. The summed E-state index contributed by atoms with van der Waals surface area (Å²) < 4.78 is 2.03. The molecular formula is C16H11BrClN5. The maximum atomic E-state index is 6.23. The first-order valence-electron chi connectivity index (χ1n) is 7.03. The quantitative estimate of drug-likeness (QED) is 0.631. The van der Waals surface area contributed by atoms with Crippen molar-refractivity contribution >= 4 is 33.2 Å². The van der Waals surface area contributed by atoms with E-state index in [1.54, 1.807) is 6.20 Å². The van der Waals surface area contributed by atoms with Crippen LogP contribution in [0.3, 0.4) is 0 Å². The van der Waals surface area contributed by atoms with Gasteiger partial charge in [-0.2, -0.15) is 0 Å². The molecule has 0 saturated carbocycles. The van der Waals surface area contributed by atoms with Crippen molar-refractivity contribution in [1.29, 1.82) is 0 Å². The van der Waals surface area contributed by atoms with E-state index in [2.05, 4.69) is 31.1 Å². The second-order valence-corrected chi connectivity index (χ2v) is 6.04. The Morgan fingerprint density at radius 2 is 2.09 bits per heavy atom. The summed E-state index contributed by atoms with van der Waals surface area (Å²) in [5.74, 6) is 1.63. The van der Waals surface area contributed by atoms with Crippen LogP contribution in [0.25, 0.3) is 5.69 Å². The molecule has 0 unspecified atom stereocenters. The highest BCUT2D eigenvalue weighted by Crippen LogP contribution is 2.28. The highest BCUT2D eigenvalue weighted by atomic mass is 79.9. The van der Waals surface area contributed by atoms with E-state index >= 15 is 0 Å². The summed E-state index contributed by atoms with van der Waals surface area (Å²) in [4.78, 5) is 9.16. The topological polar surface area (TPSA) is 56.0 Å². The zero-order valence-corrected chi connectivity index (χ0v) is 14.3. The molecule has 0 radical (unpaired) electrons. The smallest absolute Gasteiger partial charge is 0.159 e. The van der Waals surface area contributed by atoms with E-state index in [1.165, 1.54) is 0 Å². The standard InChI is InChI=1S/C16H11BrClN5/c17-8-14-21-22-15-9-20-16(12-3-1-2-6-19-12)11-7-10(18)4-5-13(11)23(14)15/h1-7H,8-9H2. The molecule has 0 spiro atoms. The number of pyridine rings is 1. The van der Waals surface area contributed by atoms with Crippen LogP contribution in [-0.4, -0.2) is 25.5 Å². The summed E-state index contributed by atoms with van der Waals surface area (Å²) in [5, 5.41) is 9.75. The molecule has 0 N–H and O–H groups in total.